The second kappa shape index (κ2) is 5.13. The highest BCUT2D eigenvalue weighted by molar-refractivity contribution is 5.97. The van der Waals surface area contributed by atoms with Crippen molar-refractivity contribution >= 4 is 23.3 Å². The van der Waals surface area contributed by atoms with Crippen molar-refractivity contribution in [2.45, 2.75) is 6.92 Å². The van der Waals surface area contributed by atoms with E-state index in [0.29, 0.717) is 0 Å². The van der Waals surface area contributed by atoms with E-state index in [9.17, 15) is 19.7 Å². The molecule has 1 aromatic rings. The number of nitrogens with zero attached hydrogens (tertiary/aromatic N) is 1. The van der Waals surface area contributed by atoms with E-state index in [1.807, 2.05) is 0 Å². The van der Waals surface area contributed by atoms with Crippen LogP contribution >= 0.6 is 0 Å². The SMILES string of the molecule is COc1cc(C(=O)O)cc([N+](=O)[O-])c1NC(C)=O. The third kappa shape index (κ3) is 2.73. The number of carboxylic acids is 1. The molecule has 18 heavy (non-hydrogen) atoms. The van der Waals surface area contributed by atoms with Crippen molar-refractivity contribution < 1.29 is 24.4 Å². The van der Waals surface area contributed by atoms with Gasteiger partial charge in [0.15, 0.2) is 5.69 Å². The van der Waals surface area contributed by atoms with Crippen LogP contribution < -0.4 is 10.1 Å². The summed E-state index contributed by atoms with van der Waals surface area (Å²) in [7, 11) is 1.22. The van der Waals surface area contributed by atoms with E-state index in [1.165, 1.54) is 14.0 Å². The minimum absolute atomic E-state index is 0.0863. The normalized spacial score (nSPS) is 9.67. The third-order valence-electron chi connectivity index (χ3n) is 2.05. The van der Waals surface area contributed by atoms with Crippen molar-refractivity contribution in [2.24, 2.45) is 0 Å². The molecule has 0 atom stereocenters. The van der Waals surface area contributed by atoms with E-state index >= 15 is 0 Å². The highest BCUT2D eigenvalue weighted by atomic mass is 16.6. The van der Waals surface area contributed by atoms with Gasteiger partial charge in [0.1, 0.15) is 5.75 Å². The number of hydrogen-bond acceptors (Lipinski definition) is 5. The smallest absolute Gasteiger partial charge is 0.336 e. The van der Waals surface area contributed by atoms with Gasteiger partial charge < -0.3 is 15.2 Å². The molecular formula is C10H10N2O6. The summed E-state index contributed by atoms with van der Waals surface area (Å²) in [5.41, 5.74) is -1.00. The maximum atomic E-state index is 11.0. The molecule has 8 heteroatoms. The van der Waals surface area contributed by atoms with Gasteiger partial charge in [-0.15, -0.1) is 0 Å². The molecule has 0 fully saturated rings. The fourth-order valence-corrected chi connectivity index (χ4v) is 1.33. The number of carbonyl (C=O) groups excluding carboxylic acids is 1. The minimum Gasteiger partial charge on any atom is -0.494 e. The first-order chi connectivity index (χ1) is 8.36. The van der Waals surface area contributed by atoms with E-state index in [0.717, 1.165) is 12.1 Å². The van der Waals surface area contributed by atoms with Gasteiger partial charge in [0.25, 0.3) is 5.69 Å². The first-order valence-corrected chi connectivity index (χ1v) is 4.74. The lowest BCUT2D eigenvalue weighted by atomic mass is 10.1. The molecule has 0 saturated carbocycles. The number of amides is 1. The van der Waals surface area contributed by atoms with E-state index in [1.54, 1.807) is 0 Å². The molecule has 0 bridgehead atoms. The lowest BCUT2D eigenvalue weighted by Crippen LogP contribution is -2.11. The number of methoxy groups -OCH3 is 1. The molecule has 0 unspecified atom stereocenters. The summed E-state index contributed by atoms with van der Waals surface area (Å²) >= 11 is 0. The fourth-order valence-electron chi connectivity index (χ4n) is 1.33. The van der Waals surface area contributed by atoms with E-state index in [2.05, 4.69) is 5.32 Å². The Balaban J connectivity index is 3.50. The van der Waals surface area contributed by atoms with Gasteiger partial charge in [0.05, 0.1) is 17.6 Å². The summed E-state index contributed by atoms with van der Waals surface area (Å²) in [5, 5.41) is 21.9. The molecule has 0 aromatic heterocycles. The highest BCUT2D eigenvalue weighted by Gasteiger charge is 2.23. The van der Waals surface area contributed by atoms with Gasteiger partial charge >= 0.3 is 5.97 Å². The Kier molecular flexibility index (Phi) is 3.82. The first-order valence-electron chi connectivity index (χ1n) is 4.74. The zero-order chi connectivity index (χ0) is 13.9. The van der Waals surface area contributed by atoms with Crippen molar-refractivity contribution in [3.8, 4) is 5.75 Å². The summed E-state index contributed by atoms with van der Waals surface area (Å²) in [5.74, 6) is -1.94. The van der Waals surface area contributed by atoms with Crippen molar-refractivity contribution in [1.82, 2.24) is 0 Å². The Morgan fingerprint density at radius 1 is 1.44 bits per heavy atom. The average Bonchev–Trinajstić information content (AvgIpc) is 2.27. The number of anilines is 1. The van der Waals surface area contributed by atoms with Crippen molar-refractivity contribution in [2.75, 3.05) is 12.4 Å². The Hall–Kier alpha value is -2.64. The van der Waals surface area contributed by atoms with Gasteiger partial charge in [-0.25, -0.2) is 4.79 Å². The second-order valence-electron chi connectivity index (χ2n) is 3.32. The summed E-state index contributed by atoms with van der Waals surface area (Å²) in [6, 6.07) is 1.96. The van der Waals surface area contributed by atoms with E-state index in [-0.39, 0.29) is 17.0 Å². The van der Waals surface area contributed by atoms with E-state index < -0.39 is 22.5 Å². The fraction of sp³-hybridized carbons (Fsp3) is 0.200. The molecule has 1 amide bonds. The maximum Gasteiger partial charge on any atom is 0.336 e. The highest BCUT2D eigenvalue weighted by Crippen LogP contribution is 2.35. The van der Waals surface area contributed by atoms with Crippen LogP contribution in [0.1, 0.15) is 17.3 Å². The number of carbonyl (C=O) groups is 2. The molecule has 0 spiro atoms. The molecule has 2 N–H and O–H groups in total. The van der Waals surface area contributed by atoms with Gasteiger partial charge in [-0.05, 0) is 6.07 Å². The number of nitro groups is 1. The number of benzene rings is 1. The van der Waals surface area contributed by atoms with Crippen LogP contribution in [0.15, 0.2) is 12.1 Å². The van der Waals surface area contributed by atoms with Crippen molar-refractivity contribution in [3.63, 3.8) is 0 Å². The summed E-state index contributed by atoms with van der Waals surface area (Å²) in [6.45, 7) is 1.17. The predicted molar refractivity (Wildman–Crippen MR) is 60.9 cm³/mol. The molecule has 0 aliphatic carbocycles. The number of rotatable bonds is 4. The van der Waals surface area contributed by atoms with Crippen LogP contribution in [0.25, 0.3) is 0 Å². The average molecular weight is 254 g/mol. The monoisotopic (exact) mass is 254 g/mol. The zero-order valence-electron chi connectivity index (χ0n) is 9.59. The lowest BCUT2D eigenvalue weighted by molar-refractivity contribution is -0.384. The molecule has 0 heterocycles. The quantitative estimate of drug-likeness (QED) is 0.616. The number of ether oxygens (including phenoxy) is 1. The van der Waals surface area contributed by atoms with Crippen molar-refractivity contribution in [1.29, 1.82) is 0 Å². The van der Waals surface area contributed by atoms with E-state index in [4.69, 9.17) is 9.84 Å². The topological polar surface area (TPSA) is 119 Å². The standard InChI is InChI=1S/C10H10N2O6/c1-5(13)11-9-7(12(16)17)3-6(10(14)15)4-8(9)18-2/h3-4H,1-2H3,(H,11,13)(H,14,15). The molecule has 1 rings (SSSR count). The Morgan fingerprint density at radius 3 is 2.44 bits per heavy atom. The van der Waals surface area contributed by atoms with Crippen molar-refractivity contribution in [3.05, 3.63) is 27.8 Å². The summed E-state index contributed by atoms with van der Waals surface area (Å²) in [4.78, 5) is 31.8. The van der Waals surface area contributed by atoms with Crippen LogP contribution in [0.2, 0.25) is 0 Å². The molecule has 96 valence electrons. The van der Waals surface area contributed by atoms with Gasteiger partial charge in [0.2, 0.25) is 5.91 Å². The summed E-state index contributed by atoms with van der Waals surface area (Å²) in [6.07, 6.45) is 0. The molecule has 0 aliphatic heterocycles. The summed E-state index contributed by atoms with van der Waals surface area (Å²) < 4.78 is 4.85. The first kappa shape index (κ1) is 13.4. The molecule has 0 aliphatic rings. The maximum absolute atomic E-state index is 11.0. The number of aromatic carboxylic acids is 1. The van der Waals surface area contributed by atoms with Crippen LogP contribution in [-0.4, -0.2) is 29.0 Å². The van der Waals surface area contributed by atoms with Gasteiger partial charge in [-0.3, -0.25) is 14.9 Å². The van der Waals surface area contributed by atoms with Crippen LogP contribution in [-0.2, 0) is 4.79 Å². The predicted octanol–water partition coefficient (Wildman–Crippen LogP) is 1.26. The molecule has 0 saturated heterocycles. The number of nitrogens with one attached hydrogen (secondary N) is 1. The number of hydrogen-bond donors (Lipinski definition) is 2. The Bertz CT molecular complexity index is 525. The number of nitro benzene ring substituents is 1. The van der Waals surface area contributed by atoms with Crippen LogP contribution in [0, 0.1) is 10.1 Å². The largest absolute Gasteiger partial charge is 0.494 e. The number of carboxylic acid groups (broad SMARTS) is 1. The third-order valence-corrected chi connectivity index (χ3v) is 2.05. The van der Waals surface area contributed by atoms with Crippen LogP contribution in [0.4, 0.5) is 11.4 Å². The molecule has 1 aromatic carbocycles. The zero-order valence-corrected chi connectivity index (χ0v) is 9.59. The Morgan fingerprint density at radius 2 is 2.06 bits per heavy atom. The lowest BCUT2D eigenvalue weighted by Gasteiger charge is -2.10. The van der Waals surface area contributed by atoms with Gasteiger partial charge in [-0.2, -0.15) is 0 Å². The second-order valence-corrected chi connectivity index (χ2v) is 3.32. The van der Waals surface area contributed by atoms with Gasteiger partial charge in [0, 0.05) is 13.0 Å². The Labute approximate surface area is 101 Å². The van der Waals surface area contributed by atoms with Crippen LogP contribution in [0.5, 0.6) is 5.75 Å². The minimum atomic E-state index is -1.33. The van der Waals surface area contributed by atoms with Crippen LogP contribution in [0.3, 0.4) is 0 Å². The molecular weight excluding hydrogens is 244 g/mol. The van der Waals surface area contributed by atoms with Gasteiger partial charge in [-0.1, -0.05) is 0 Å². The molecule has 8 nitrogen and oxygen atoms in total. The molecule has 0 radical (unpaired) electrons.